The summed E-state index contributed by atoms with van der Waals surface area (Å²) in [4.78, 5) is 17.8. The second-order valence-corrected chi connectivity index (χ2v) is 7.42. The molecule has 0 spiro atoms. The molecule has 1 saturated carbocycles. The van der Waals surface area contributed by atoms with Crippen LogP contribution in [0.4, 0.5) is 5.95 Å². The summed E-state index contributed by atoms with van der Waals surface area (Å²) in [5.41, 5.74) is 9.28. The van der Waals surface area contributed by atoms with Crippen LogP contribution in [0.2, 0.25) is 5.02 Å². The predicted molar refractivity (Wildman–Crippen MR) is 102 cm³/mol. The molecule has 0 atom stereocenters. The van der Waals surface area contributed by atoms with Gasteiger partial charge in [-0.3, -0.25) is 4.40 Å². The molecule has 25 heavy (non-hydrogen) atoms. The average Bonchev–Trinajstić information content (AvgIpc) is 3.01. The Morgan fingerprint density at radius 1 is 1.20 bits per heavy atom. The lowest BCUT2D eigenvalue weighted by atomic mass is 9.94. The highest BCUT2D eigenvalue weighted by molar-refractivity contribution is 9.10. The smallest absolute Gasteiger partial charge is 0.249 e. The van der Waals surface area contributed by atoms with Crippen LogP contribution in [0.15, 0.2) is 40.2 Å². The summed E-state index contributed by atoms with van der Waals surface area (Å²) in [6.45, 7) is 0. The minimum Gasteiger partial charge on any atom is -0.328 e. The summed E-state index contributed by atoms with van der Waals surface area (Å²) < 4.78 is 2.89. The second-order valence-electron chi connectivity index (χ2n) is 6.10. The van der Waals surface area contributed by atoms with Crippen LogP contribution in [-0.4, -0.2) is 31.1 Å². The van der Waals surface area contributed by atoms with Gasteiger partial charge in [-0.15, -0.1) is 0 Å². The third-order valence-electron chi connectivity index (χ3n) is 4.31. The van der Waals surface area contributed by atoms with E-state index < -0.39 is 0 Å². The van der Waals surface area contributed by atoms with Crippen LogP contribution in [0.25, 0.3) is 17.0 Å². The maximum Gasteiger partial charge on any atom is 0.249 e. The van der Waals surface area contributed by atoms with Gasteiger partial charge >= 0.3 is 0 Å². The number of nitrogens with zero attached hydrogens (tertiary/aromatic N) is 5. The van der Waals surface area contributed by atoms with Crippen molar-refractivity contribution in [2.45, 2.75) is 31.7 Å². The van der Waals surface area contributed by atoms with Crippen LogP contribution < -0.4 is 5.73 Å². The van der Waals surface area contributed by atoms with E-state index in [-0.39, 0.29) is 6.04 Å². The van der Waals surface area contributed by atoms with Crippen LogP contribution >= 0.6 is 27.5 Å². The zero-order valence-corrected chi connectivity index (χ0v) is 15.7. The molecule has 1 aliphatic carbocycles. The molecule has 3 aromatic heterocycles. The second kappa shape index (κ2) is 6.82. The Balaban J connectivity index is 1.75. The number of nitrogens with two attached hydrogens (primary N) is 1. The van der Waals surface area contributed by atoms with E-state index in [1.807, 2.05) is 22.7 Å². The van der Waals surface area contributed by atoms with Crippen LogP contribution in [0, 0.1) is 0 Å². The summed E-state index contributed by atoms with van der Waals surface area (Å²) in [7, 11) is 0. The van der Waals surface area contributed by atoms with Gasteiger partial charge in [0.25, 0.3) is 0 Å². The number of fused-ring (bicyclic) bond motifs is 1. The molecule has 1 aliphatic rings. The SMILES string of the molecule is NC1CCC(=Nc2ncc(Cl)c(-c3cnc4ccc(Br)cn34)n2)CC1. The first kappa shape index (κ1) is 16.6. The number of rotatable bonds is 2. The number of aromatic nitrogens is 4. The minimum atomic E-state index is 0.275. The fraction of sp³-hybridized carbons (Fsp3) is 0.294. The first-order valence-electron chi connectivity index (χ1n) is 8.08. The molecule has 0 aliphatic heterocycles. The molecule has 0 unspecified atom stereocenters. The Morgan fingerprint density at radius 2 is 2.00 bits per heavy atom. The first-order valence-corrected chi connectivity index (χ1v) is 9.25. The van der Waals surface area contributed by atoms with Gasteiger partial charge in [-0.2, -0.15) is 0 Å². The van der Waals surface area contributed by atoms with E-state index in [1.165, 1.54) is 0 Å². The van der Waals surface area contributed by atoms with Crippen molar-refractivity contribution in [2.75, 3.05) is 0 Å². The van der Waals surface area contributed by atoms with E-state index in [1.54, 1.807) is 12.4 Å². The van der Waals surface area contributed by atoms with Gasteiger partial charge in [-0.1, -0.05) is 11.6 Å². The molecule has 0 saturated heterocycles. The van der Waals surface area contributed by atoms with E-state index in [4.69, 9.17) is 17.3 Å². The fourth-order valence-electron chi connectivity index (χ4n) is 2.95. The number of hydrogen-bond acceptors (Lipinski definition) is 5. The zero-order valence-electron chi connectivity index (χ0n) is 13.4. The monoisotopic (exact) mass is 418 g/mol. The molecule has 0 radical (unpaired) electrons. The first-order chi connectivity index (χ1) is 12.1. The van der Waals surface area contributed by atoms with Gasteiger partial charge in [-0.25, -0.2) is 19.9 Å². The molecule has 3 aromatic rings. The molecule has 8 heteroatoms. The maximum absolute atomic E-state index is 6.35. The highest BCUT2D eigenvalue weighted by atomic mass is 79.9. The van der Waals surface area contributed by atoms with Gasteiger partial charge in [0.05, 0.1) is 23.1 Å². The van der Waals surface area contributed by atoms with Gasteiger partial charge in [0.2, 0.25) is 5.95 Å². The molecule has 0 amide bonds. The molecule has 0 bridgehead atoms. The quantitative estimate of drug-likeness (QED) is 0.675. The molecule has 6 nitrogen and oxygen atoms in total. The van der Waals surface area contributed by atoms with E-state index in [0.717, 1.165) is 47.2 Å². The Hall–Kier alpha value is -1.83. The van der Waals surface area contributed by atoms with Gasteiger partial charge in [-0.05, 0) is 53.7 Å². The lowest BCUT2D eigenvalue weighted by Gasteiger charge is -2.18. The lowest BCUT2D eigenvalue weighted by molar-refractivity contribution is 0.558. The predicted octanol–water partition coefficient (Wildman–Crippen LogP) is 4.18. The van der Waals surface area contributed by atoms with Gasteiger partial charge in [0.15, 0.2) is 0 Å². The van der Waals surface area contributed by atoms with Crippen molar-refractivity contribution in [3.8, 4) is 11.4 Å². The Morgan fingerprint density at radius 3 is 2.80 bits per heavy atom. The third kappa shape index (κ3) is 3.44. The van der Waals surface area contributed by atoms with E-state index in [2.05, 4.69) is 35.9 Å². The summed E-state index contributed by atoms with van der Waals surface area (Å²) in [6, 6.07) is 4.14. The van der Waals surface area contributed by atoms with E-state index in [0.29, 0.717) is 16.7 Å². The molecular weight excluding hydrogens is 404 g/mol. The van der Waals surface area contributed by atoms with Gasteiger partial charge in [0.1, 0.15) is 11.3 Å². The minimum absolute atomic E-state index is 0.275. The third-order valence-corrected chi connectivity index (χ3v) is 5.05. The Kier molecular flexibility index (Phi) is 4.54. The number of pyridine rings is 1. The summed E-state index contributed by atoms with van der Waals surface area (Å²) in [5.74, 6) is 0.426. The zero-order chi connectivity index (χ0) is 17.4. The van der Waals surface area contributed by atoms with Crippen molar-refractivity contribution in [3.63, 3.8) is 0 Å². The topological polar surface area (TPSA) is 81.5 Å². The van der Waals surface area contributed by atoms with Crippen LogP contribution in [-0.2, 0) is 0 Å². The number of halogens is 2. The molecular formula is C17H16BrClN6. The van der Waals surface area contributed by atoms with Crippen molar-refractivity contribution >= 4 is 44.8 Å². The largest absolute Gasteiger partial charge is 0.328 e. The maximum atomic E-state index is 6.35. The number of imidazole rings is 1. The Labute approximate surface area is 158 Å². The van der Waals surface area contributed by atoms with Crippen LogP contribution in [0.1, 0.15) is 25.7 Å². The molecule has 3 heterocycles. The standard InChI is InChI=1S/C17H16BrClN6/c18-10-1-6-15-21-8-14(25(15)9-10)16-13(19)7-22-17(24-16)23-12-4-2-11(20)3-5-12/h1,6-9,11H,2-5,20H2. The van der Waals surface area contributed by atoms with Crippen molar-refractivity contribution in [1.82, 2.24) is 19.4 Å². The van der Waals surface area contributed by atoms with Crippen molar-refractivity contribution in [2.24, 2.45) is 10.7 Å². The highest BCUT2D eigenvalue weighted by Crippen LogP contribution is 2.29. The van der Waals surface area contributed by atoms with Crippen LogP contribution in [0.5, 0.6) is 0 Å². The lowest BCUT2D eigenvalue weighted by Crippen LogP contribution is -2.26. The summed E-state index contributed by atoms with van der Waals surface area (Å²) in [5, 5.41) is 0.469. The van der Waals surface area contributed by atoms with Gasteiger partial charge < -0.3 is 5.73 Å². The highest BCUT2D eigenvalue weighted by Gasteiger charge is 2.16. The molecule has 2 N–H and O–H groups in total. The molecule has 128 valence electrons. The summed E-state index contributed by atoms with van der Waals surface area (Å²) >= 11 is 9.83. The van der Waals surface area contributed by atoms with E-state index >= 15 is 0 Å². The summed E-state index contributed by atoms with van der Waals surface area (Å²) in [6.07, 6.45) is 8.99. The number of hydrogen-bond donors (Lipinski definition) is 1. The molecule has 1 fully saturated rings. The number of aliphatic imine (C=N–C) groups is 1. The van der Waals surface area contributed by atoms with Crippen LogP contribution in [0.3, 0.4) is 0 Å². The van der Waals surface area contributed by atoms with Crippen molar-refractivity contribution in [1.29, 1.82) is 0 Å². The van der Waals surface area contributed by atoms with E-state index in [9.17, 15) is 0 Å². The normalized spacial score (nSPS) is 17.9. The Bertz CT molecular complexity index is 957. The van der Waals surface area contributed by atoms with Crippen molar-refractivity contribution in [3.05, 3.63) is 40.2 Å². The molecule has 4 rings (SSSR count). The average molecular weight is 420 g/mol. The van der Waals surface area contributed by atoms with Gasteiger partial charge in [0, 0.05) is 22.4 Å². The van der Waals surface area contributed by atoms with Crippen molar-refractivity contribution < 1.29 is 0 Å². The molecule has 0 aromatic carbocycles. The fourth-order valence-corrected chi connectivity index (χ4v) is 3.47.